The molecule has 0 fully saturated rings. The number of carbonyl (C=O) groups excluding carboxylic acids is 2. The second kappa shape index (κ2) is 9.72. The Morgan fingerprint density at radius 3 is 2.50 bits per heavy atom. The molecule has 0 radical (unpaired) electrons. The van der Waals surface area contributed by atoms with E-state index in [0.29, 0.717) is 23.6 Å². The highest BCUT2D eigenvalue weighted by Gasteiger charge is 2.13. The maximum Gasteiger partial charge on any atom is 0.329 e. The van der Waals surface area contributed by atoms with Gasteiger partial charge in [-0.2, -0.15) is 5.10 Å². The highest BCUT2D eigenvalue weighted by molar-refractivity contribution is 9.10. The molecule has 136 valence electrons. The molecule has 0 aromatic heterocycles. The average molecular weight is 418 g/mol. The number of nitrogens with one attached hydrogen (secondary N) is 2. The molecule has 0 bridgehead atoms. The van der Waals surface area contributed by atoms with E-state index >= 15 is 0 Å². The van der Waals surface area contributed by atoms with E-state index in [0.717, 1.165) is 16.5 Å². The largest absolute Gasteiger partial charge is 0.493 e. The summed E-state index contributed by atoms with van der Waals surface area (Å²) < 4.78 is 6.34. The van der Waals surface area contributed by atoms with Gasteiger partial charge in [-0.05, 0) is 49.2 Å². The Labute approximate surface area is 160 Å². The highest BCUT2D eigenvalue weighted by atomic mass is 79.9. The van der Waals surface area contributed by atoms with Gasteiger partial charge >= 0.3 is 11.8 Å². The van der Waals surface area contributed by atoms with E-state index in [1.54, 1.807) is 24.3 Å². The second-order valence-corrected chi connectivity index (χ2v) is 6.23. The van der Waals surface area contributed by atoms with E-state index in [2.05, 4.69) is 31.8 Å². The van der Waals surface area contributed by atoms with Crippen LogP contribution >= 0.6 is 15.9 Å². The molecule has 0 unspecified atom stereocenters. The number of halogens is 1. The Morgan fingerprint density at radius 1 is 1.12 bits per heavy atom. The number of benzene rings is 2. The van der Waals surface area contributed by atoms with Crippen molar-refractivity contribution in [3.05, 3.63) is 58.1 Å². The molecular weight excluding hydrogens is 398 g/mol. The number of aryl methyl sites for hydroxylation is 1. The number of hydrogen-bond acceptors (Lipinski definition) is 4. The summed E-state index contributed by atoms with van der Waals surface area (Å²) in [6.07, 6.45) is 2.33. The smallest absolute Gasteiger partial charge is 0.329 e. The van der Waals surface area contributed by atoms with Crippen molar-refractivity contribution in [2.75, 3.05) is 11.9 Å². The molecule has 6 nitrogen and oxygen atoms in total. The van der Waals surface area contributed by atoms with Gasteiger partial charge in [0, 0.05) is 15.7 Å². The molecule has 0 spiro atoms. The van der Waals surface area contributed by atoms with E-state index < -0.39 is 11.8 Å². The SMILES string of the molecule is CCOc1ccc(Br)cc1/C=N\NC(=O)C(=O)Nc1ccc(CC)cc1. The van der Waals surface area contributed by atoms with Gasteiger partial charge in [-0.3, -0.25) is 9.59 Å². The van der Waals surface area contributed by atoms with Crippen LogP contribution in [0.1, 0.15) is 25.0 Å². The predicted molar refractivity (Wildman–Crippen MR) is 105 cm³/mol. The van der Waals surface area contributed by atoms with E-state index in [9.17, 15) is 9.59 Å². The van der Waals surface area contributed by atoms with Crippen LogP contribution in [0.15, 0.2) is 52.0 Å². The molecule has 0 saturated heterocycles. The number of amides is 2. The van der Waals surface area contributed by atoms with Crippen molar-refractivity contribution in [1.82, 2.24) is 5.43 Å². The number of hydrogen-bond donors (Lipinski definition) is 2. The Morgan fingerprint density at radius 2 is 1.85 bits per heavy atom. The van der Waals surface area contributed by atoms with Crippen LogP contribution in [0, 0.1) is 0 Å². The summed E-state index contributed by atoms with van der Waals surface area (Å²) >= 11 is 3.37. The first-order valence-electron chi connectivity index (χ1n) is 8.19. The van der Waals surface area contributed by atoms with Crippen molar-refractivity contribution in [2.45, 2.75) is 20.3 Å². The molecule has 2 amide bonds. The maximum absolute atomic E-state index is 11.9. The molecule has 0 aliphatic rings. The molecular formula is C19H20BrN3O3. The van der Waals surface area contributed by atoms with Gasteiger partial charge in [0.1, 0.15) is 5.75 Å². The zero-order chi connectivity index (χ0) is 18.9. The Hall–Kier alpha value is -2.67. The minimum Gasteiger partial charge on any atom is -0.493 e. The third-order valence-corrected chi connectivity index (χ3v) is 3.96. The van der Waals surface area contributed by atoms with Gasteiger partial charge in [-0.1, -0.05) is 35.0 Å². The Balaban J connectivity index is 1.95. The van der Waals surface area contributed by atoms with Crippen LogP contribution in [-0.2, 0) is 16.0 Å². The Kier molecular flexibility index (Phi) is 7.35. The van der Waals surface area contributed by atoms with Gasteiger partial charge in [-0.25, -0.2) is 5.43 Å². The van der Waals surface area contributed by atoms with Crippen molar-refractivity contribution >= 4 is 39.6 Å². The molecule has 26 heavy (non-hydrogen) atoms. The fourth-order valence-corrected chi connectivity index (χ4v) is 2.51. The first-order valence-corrected chi connectivity index (χ1v) is 8.98. The van der Waals surface area contributed by atoms with Gasteiger partial charge < -0.3 is 10.1 Å². The molecule has 0 heterocycles. The van der Waals surface area contributed by atoms with Gasteiger partial charge in [0.05, 0.1) is 12.8 Å². The third-order valence-electron chi connectivity index (χ3n) is 3.47. The summed E-state index contributed by atoms with van der Waals surface area (Å²) in [6, 6.07) is 12.7. The fourth-order valence-electron chi connectivity index (χ4n) is 2.13. The van der Waals surface area contributed by atoms with E-state index in [1.165, 1.54) is 6.21 Å². The quantitative estimate of drug-likeness (QED) is 0.428. The number of hydrazone groups is 1. The molecule has 2 aromatic carbocycles. The monoisotopic (exact) mass is 417 g/mol. The van der Waals surface area contributed by atoms with Crippen molar-refractivity contribution in [3.8, 4) is 5.75 Å². The molecule has 0 atom stereocenters. The highest BCUT2D eigenvalue weighted by Crippen LogP contribution is 2.21. The van der Waals surface area contributed by atoms with Crippen molar-refractivity contribution in [1.29, 1.82) is 0 Å². The maximum atomic E-state index is 11.9. The van der Waals surface area contributed by atoms with Crippen molar-refractivity contribution in [2.24, 2.45) is 5.10 Å². The van der Waals surface area contributed by atoms with Crippen LogP contribution in [0.5, 0.6) is 5.75 Å². The number of rotatable bonds is 6. The molecule has 2 rings (SSSR count). The molecule has 0 saturated carbocycles. The van der Waals surface area contributed by atoms with Gasteiger partial charge in [0.15, 0.2) is 0 Å². The minimum atomic E-state index is -0.853. The zero-order valence-corrected chi connectivity index (χ0v) is 16.2. The number of carbonyl (C=O) groups is 2. The summed E-state index contributed by atoms with van der Waals surface area (Å²) in [5, 5.41) is 6.35. The van der Waals surface area contributed by atoms with E-state index in [4.69, 9.17) is 4.74 Å². The average Bonchev–Trinajstić information content (AvgIpc) is 2.64. The van der Waals surface area contributed by atoms with Crippen LogP contribution in [0.25, 0.3) is 0 Å². The lowest BCUT2D eigenvalue weighted by atomic mass is 10.1. The van der Waals surface area contributed by atoms with E-state index in [1.807, 2.05) is 32.0 Å². The number of nitrogens with zero attached hydrogens (tertiary/aromatic N) is 1. The van der Waals surface area contributed by atoms with Gasteiger partial charge in [0.25, 0.3) is 0 Å². The first kappa shape index (κ1) is 19.7. The van der Waals surface area contributed by atoms with E-state index in [-0.39, 0.29) is 0 Å². The fraction of sp³-hybridized carbons (Fsp3) is 0.211. The molecule has 2 aromatic rings. The normalized spacial score (nSPS) is 10.6. The third kappa shape index (κ3) is 5.70. The lowest BCUT2D eigenvalue weighted by Gasteiger charge is -2.07. The molecule has 0 aliphatic heterocycles. The predicted octanol–water partition coefficient (Wildman–Crippen LogP) is 3.50. The molecule has 2 N–H and O–H groups in total. The summed E-state index contributed by atoms with van der Waals surface area (Å²) in [5.41, 5.74) is 4.59. The summed E-state index contributed by atoms with van der Waals surface area (Å²) in [6.45, 7) is 4.43. The molecule has 7 heteroatoms. The topological polar surface area (TPSA) is 79.8 Å². The number of anilines is 1. The Bertz CT molecular complexity index is 804. The first-order chi connectivity index (χ1) is 12.5. The molecule has 0 aliphatic carbocycles. The summed E-state index contributed by atoms with van der Waals surface area (Å²) in [7, 11) is 0. The van der Waals surface area contributed by atoms with Crippen LogP contribution in [-0.4, -0.2) is 24.6 Å². The van der Waals surface area contributed by atoms with Crippen LogP contribution < -0.4 is 15.5 Å². The number of ether oxygens (including phenoxy) is 1. The van der Waals surface area contributed by atoms with Crippen LogP contribution in [0.3, 0.4) is 0 Å². The summed E-state index contributed by atoms with van der Waals surface area (Å²) in [5.74, 6) is -1.01. The summed E-state index contributed by atoms with van der Waals surface area (Å²) in [4.78, 5) is 23.8. The standard InChI is InChI=1S/C19H20BrN3O3/c1-3-13-5-8-16(9-6-13)22-18(24)19(25)23-21-12-14-11-15(20)7-10-17(14)26-4-2/h5-12H,3-4H2,1-2H3,(H,22,24)(H,23,25)/b21-12-. The van der Waals surface area contributed by atoms with Crippen molar-refractivity contribution < 1.29 is 14.3 Å². The zero-order valence-electron chi connectivity index (χ0n) is 14.6. The lowest BCUT2D eigenvalue weighted by Crippen LogP contribution is -2.32. The van der Waals surface area contributed by atoms with Gasteiger partial charge in [-0.15, -0.1) is 0 Å². The minimum absolute atomic E-state index is 0.508. The van der Waals surface area contributed by atoms with Crippen LogP contribution in [0.2, 0.25) is 0 Å². The van der Waals surface area contributed by atoms with Crippen molar-refractivity contribution in [3.63, 3.8) is 0 Å². The second-order valence-electron chi connectivity index (χ2n) is 5.32. The lowest BCUT2D eigenvalue weighted by molar-refractivity contribution is -0.136. The van der Waals surface area contributed by atoms with Crippen LogP contribution in [0.4, 0.5) is 5.69 Å². The van der Waals surface area contributed by atoms with Gasteiger partial charge in [0.2, 0.25) is 0 Å².